The topological polar surface area (TPSA) is 53.9 Å². The Bertz CT molecular complexity index is 618. The van der Waals surface area contributed by atoms with Crippen LogP contribution in [0.1, 0.15) is 11.4 Å². The van der Waals surface area contributed by atoms with Gasteiger partial charge in [-0.25, -0.2) is 0 Å². The van der Waals surface area contributed by atoms with Gasteiger partial charge in [-0.3, -0.25) is 0 Å². The van der Waals surface area contributed by atoms with Gasteiger partial charge in [0.1, 0.15) is 0 Å². The molecule has 0 saturated carbocycles. The third kappa shape index (κ3) is 4.48. The SMILES string of the molecule is Cc1cccc([S][Sn]([Cl])([Cl])[S]c2cccc(C)[n+]2[O-])[n+]1[O-]. The van der Waals surface area contributed by atoms with E-state index in [1.54, 1.807) is 50.2 Å². The number of hydrogen-bond acceptors (Lipinski definition) is 4. The van der Waals surface area contributed by atoms with Gasteiger partial charge in [-0.15, -0.1) is 0 Å². The average Bonchev–Trinajstić information content (AvgIpc) is 2.40. The van der Waals surface area contributed by atoms with E-state index in [9.17, 15) is 10.4 Å². The number of aromatic nitrogens is 2. The second-order valence-corrected chi connectivity index (χ2v) is 36.5. The predicted octanol–water partition coefficient (Wildman–Crippen LogP) is 3.37. The van der Waals surface area contributed by atoms with Crippen molar-refractivity contribution in [2.75, 3.05) is 0 Å². The number of hydrogen-bond donors (Lipinski definition) is 0. The summed E-state index contributed by atoms with van der Waals surface area (Å²) in [4.78, 5) is 0. The standard InChI is InChI=1S/2C6H7NOS.2ClH.Sn/c2*1-5-3-2-4-6(9)7(5)8;;;/h2*2-4,9H,1H3;2*1H;/q;;;;+4/p-4. The Labute approximate surface area is 139 Å². The minimum absolute atomic E-state index is 0.466. The van der Waals surface area contributed by atoms with Gasteiger partial charge in [-0.05, 0) is 0 Å². The van der Waals surface area contributed by atoms with Crippen LogP contribution in [0.3, 0.4) is 0 Å². The summed E-state index contributed by atoms with van der Waals surface area (Å²) in [5.74, 6) is 0. The summed E-state index contributed by atoms with van der Waals surface area (Å²) in [7, 11) is 15.3. The molecule has 0 fully saturated rings. The van der Waals surface area contributed by atoms with Gasteiger partial charge in [0.25, 0.3) is 0 Å². The predicted molar refractivity (Wildman–Crippen MR) is 89.5 cm³/mol. The molecule has 9 heteroatoms. The molecule has 0 aromatic carbocycles. The molecule has 0 bridgehead atoms. The first-order chi connectivity index (χ1) is 9.80. The molecule has 0 aliphatic carbocycles. The minimum atomic E-state index is -3.76. The van der Waals surface area contributed by atoms with Crippen LogP contribution in [0.2, 0.25) is 0 Å². The second kappa shape index (κ2) is 7.04. The molecule has 2 rings (SSSR count). The molecule has 21 heavy (non-hydrogen) atoms. The van der Waals surface area contributed by atoms with Crippen molar-refractivity contribution in [2.24, 2.45) is 0 Å². The molecule has 0 aliphatic heterocycles. The summed E-state index contributed by atoms with van der Waals surface area (Å²) < 4.78 is 1.62. The number of halogens is 2. The first kappa shape index (κ1) is 17.3. The molecule has 4 nitrogen and oxygen atoms in total. The van der Waals surface area contributed by atoms with Crippen LogP contribution in [0.25, 0.3) is 0 Å². The zero-order valence-corrected chi connectivity index (χ0v) is 17.2. The fourth-order valence-electron chi connectivity index (χ4n) is 1.57. The maximum absolute atomic E-state index is 12.0. The molecular formula is C12H12Cl2N2O2S2Sn. The van der Waals surface area contributed by atoms with E-state index in [4.69, 9.17) is 17.8 Å². The van der Waals surface area contributed by atoms with Crippen molar-refractivity contribution in [3.63, 3.8) is 0 Å². The zero-order valence-electron chi connectivity index (χ0n) is 11.2. The quantitative estimate of drug-likeness (QED) is 0.391. The summed E-state index contributed by atoms with van der Waals surface area (Å²) in [5.41, 5.74) is 1.16. The number of aryl methyl sites for hydroxylation is 2. The summed E-state index contributed by atoms with van der Waals surface area (Å²) >= 11 is -3.76. The fraction of sp³-hybridized carbons (Fsp3) is 0.167. The zero-order chi connectivity index (χ0) is 15.6. The number of nitrogens with zero attached hydrogens (tertiary/aromatic N) is 2. The van der Waals surface area contributed by atoms with Gasteiger partial charge in [0.05, 0.1) is 0 Å². The molecule has 2 aromatic heterocycles. The summed E-state index contributed by atoms with van der Waals surface area (Å²) in [6.45, 7) is 3.44. The Morgan fingerprint density at radius 3 is 1.62 bits per heavy atom. The van der Waals surface area contributed by atoms with E-state index in [1.165, 1.54) is 17.9 Å². The molecule has 0 aliphatic rings. The van der Waals surface area contributed by atoms with Crippen LogP contribution in [0, 0.1) is 24.3 Å². The molecule has 0 amide bonds. The molecule has 0 saturated heterocycles. The van der Waals surface area contributed by atoms with Crippen molar-refractivity contribution in [3.8, 4) is 0 Å². The van der Waals surface area contributed by atoms with E-state index in [0.717, 1.165) is 9.46 Å². The Hall–Kier alpha value is -0.0213. The molecular weight excluding hydrogens is 458 g/mol. The van der Waals surface area contributed by atoms with Crippen LogP contribution >= 0.6 is 35.7 Å². The fourth-order valence-corrected chi connectivity index (χ4v) is 20.6. The van der Waals surface area contributed by atoms with Gasteiger partial charge in [0, 0.05) is 0 Å². The molecule has 2 heterocycles. The number of pyridine rings is 2. The maximum atomic E-state index is 12.0. The van der Waals surface area contributed by atoms with E-state index < -0.39 is 13.4 Å². The average molecular weight is 470 g/mol. The van der Waals surface area contributed by atoms with Crippen LogP contribution in [0.15, 0.2) is 46.5 Å². The van der Waals surface area contributed by atoms with Crippen molar-refractivity contribution < 1.29 is 9.46 Å². The first-order valence-corrected chi connectivity index (χ1v) is 21.8. The van der Waals surface area contributed by atoms with Crippen molar-refractivity contribution in [2.45, 2.75) is 23.9 Å². The van der Waals surface area contributed by atoms with Gasteiger partial charge in [-0.2, -0.15) is 0 Å². The first-order valence-electron chi connectivity index (χ1n) is 5.94. The van der Waals surface area contributed by atoms with Gasteiger partial charge < -0.3 is 0 Å². The van der Waals surface area contributed by atoms with E-state index in [0.29, 0.717) is 21.4 Å². The van der Waals surface area contributed by atoms with Crippen molar-refractivity contribution in [1.29, 1.82) is 0 Å². The van der Waals surface area contributed by atoms with Crippen LogP contribution in [-0.4, -0.2) is 13.4 Å². The third-order valence-electron chi connectivity index (χ3n) is 2.64. The van der Waals surface area contributed by atoms with Crippen molar-refractivity contribution in [3.05, 3.63) is 58.2 Å². The molecule has 0 atom stereocenters. The molecule has 0 radical (unpaired) electrons. The monoisotopic (exact) mass is 470 g/mol. The summed E-state index contributed by atoms with van der Waals surface area (Å²) in [6, 6.07) is 10.4. The Balaban J connectivity index is 2.22. The van der Waals surface area contributed by atoms with Crippen LogP contribution in [0.4, 0.5) is 0 Å². The molecule has 0 N–H and O–H groups in total. The van der Waals surface area contributed by atoms with Crippen molar-refractivity contribution >= 4 is 49.1 Å². The van der Waals surface area contributed by atoms with Gasteiger partial charge in [0.15, 0.2) is 0 Å². The van der Waals surface area contributed by atoms with Gasteiger partial charge in [-0.1, -0.05) is 0 Å². The molecule has 0 spiro atoms. The van der Waals surface area contributed by atoms with E-state index >= 15 is 0 Å². The van der Waals surface area contributed by atoms with Crippen molar-refractivity contribution in [1.82, 2.24) is 0 Å². The summed E-state index contributed by atoms with van der Waals surface area (Å²) in [6.07, 6.45) is 0. The van der Waals surface area contributed by atoms with Crippen LogP contribution in [-0.2, 0) is 0 Å². The van der Waals surface area contributed by atoms with Crippen LogP contribution in [0.5, 0.6) is 0 Å². The third-order valence-corrected chi connectivity index (χ3v) is 21.4. The molecule has 2 aromatic rings. The number of rotatable bonds is 4. The Kier molecular flexibility index (Phi) is 5.81. The van der Waals surface area contributed by atoms with E-state index in [2.05, 4.69) is 0 Å². The van der Waals surface area contributed by atoms with Crippen LogP contribution < -0.4 is 9.46 Å². The van der Waals surface area contributed by atoms with Gasteiger partial charge >= 0.3 is 141 Å². The Morgan fingerprint density at radius 1 is 0.857 bits per heavy atom. The van der Waals surface area contributed by atoms with E-state index in [-0.39, 0.29) is 0 Å². The molecule has 0 unspecified atom stereocenters. The van der Waals surface area contributed by atoms with Gasteiger partial charge in [0.2, 0.25) is 0 Å². The molecule has 112 valence electrons. The normalized spacial score (nSPS) is 11.6. The Morgan fingerprint density at radius 2 is 1.24 bits per heavy atom. The second-order valence-electron chi connectivity index (χ2n) is 4.27. The van der Waals surface area contributed by atoms with E-state index in [1.807, 2.05) is 0 Å². The summed E-state index contributed by atoms with van der Waals surface area (Å²) in [5, 5.41) is 24.8.